The molecule has 0 saturated carbocycles. The number of ether oxygens (including phenoxy) is 1. The van der Waals surface area contributed by atoms with Crippen LogP contribution in [0.2, 0.25) is 0 Å². The van der Waals surface area contributed by atoms with Gasteiger partial charge in [-0.15, -0.1) is 0 Å². The second kappa shape index (κ2) is 10.5. The van der Waals surface area contributed by atoms with Gasteiger partial charge in [0.05, 0.1) is 12.2 Å². The van der Waals surface area contributed by atoms with Crippen LogP contribution in [0.4, 0.5) is 4.39 Å². The van der Waals surface area contributed by atoms with E-state index in [2.05, 4.69) is 15.5 Å². The van der Waals surface area contributed by atoms with Crippen LogP contribution in [-0.2, 0) is 11.3 Å². The van der Waals surface area contributed by atoms with E-state index in [0.29, 0.717) is 12.4 Å². The Morgan fingerprint density at radius 2 is 1.89 bits per heavy atom. The zero-order chi connectivity index (χ0) is 19.6. The van der Waals surface area contributed by atoms with Gasteiger partial charge >= 0.3 is 0 Å². The normalized spacial score (nSPS) is 19.0. The molecular formula is C20H26FN5O. The second-order valence-electron chi connectivity index (χ2n) is 6.74. The molecule has 0 aliphatic carbocycles. The van der Waals surface area contributed by atoms with Crippen LogP contribution in [0.3, 0.4) is 0 Å². The Balaban J connectivity index is 1.83. The lowest BCUT2D eigenvalue weighted by molar-refractivity contribution is -0.0588. The number of hydrogen-bond acceptors (Lipinski definition) is 6. The smallest absolute Gasteiger partial charge is 0.169 e. The zero-order valence-electron chi connectivity index (χ0n) is 15.8. The molecule has 1 aromatic rings. The maximum absolute atomic E-state index is 13.0. The number of rotatable bonds is 8. The molecule has 2 N–H and O–H groups in total. The molecule has 2 rings (SSSR count). The molecule has 6 nitrogen and oxygen atoms in total. The van der Waals surface area contributed by atoms with Crippen molar-refractivity contribution < 1.29 is 9.13 Å². The van der Waals surface area contributed by atoms with Gasteiger partial charge in [-0.3, -0.25) is 4.90 Å². The Kier molecular flexibility index (Phi) is 8.06. The zero-order valence-corrected chi connectivity index (χ0v) is 15.8. The van der Waals surface area contributed by atoms with E-state index in [1.807, 2.05) is 19.2 Å². The van der Waals surface area contributed by atoms with Gasteiger partial charge in [-0.1, -0.05) is 12.1 Å². The predicted octanol–water partition coefficient (Wildman–Crippen LogP) is 2.26. The number of nitrogens with zero attached hydrogens (tertiary/aromatic N) is 3. The monoisotopic (exact) mass is 371 g/mol. The Labute approximate surface area is 160 Å². The largest absolute Gasteiger partial charge is 0.373 e. The van der Waals surface area contributed by atoms with Crippen molar-refractivity contribution in [1.29, 1.82) is 10.5 Å². The van der Waals surface area contributed by atoms with Crippen LogP contribution in [0.25, 0.3) is 0 Å². The highest BCUT2D eigenvalue weighted by atomic mass is 19.1. The van der Waals surface area contributed by atoms with E-state index in [9.17, 15) is 4.39 Å². The summed E-state index contributed by atoms with van der Waals surface area (Å²) in [6.07, 6.45) is 3.18. The highest BCUT2D eigenvalue weighted by molar-refractivity contribution is 5.38. The van der Waals surface area contributed by atoms with Crippen molar-refractivity contribution in [2.45, 2.75) is 38.0 Å². The minimum absolute atomic E-state index is 0.0314. The summed E-state index contributed by atoms with van der Waals surface area (Å²) in [4.78, 5) is 2.18. The second-order valence-corrected chi connectivity index (χ2v) is 6.74. The van der Waals surface area contributed by atoms with Crippen molar-refractivity contribution >= 4 is 0 Å². The summed E-state index contributed by atoms with van der Waals surface area (Å²) in [6, 6.07) is 10.3. The summed E-state index contributed by atoms with van der Waals surface area (Å²) < 4.78 is 19.2. The summed E-state index contributed by atoms with van der Waals surface area (Å²) in [5.41, 5.74) is 1.10. The van der Waals surface area contributed by atoms with E-state index in [-0.39, 0.29) is 23.6 Å². The van der Waals surface area contributed by atoms with Gasteiger partial charge in [-0.25, -0.2) is 4.39 Å². The number of likely N-dealkylation sites (N-methyl/N-ethyl adjacent to an activating group) is 1. The maximum atomic E-state index is 13.0. The third-order valence-electron chi connectivity index (χ3n) is 4.55. The lowest BCUT2D eigenvalue weighted by Crippen LogP contribution is -2.41. The van der Waals surface area contributed by atoms with Crippen molar-refractivity contribution in [2.75, 3.05) is 27.2 Å². The van der Waals surface area contributed by atoms with Gasteiger partial charge in [-0.2, -0.15) is 10.5 Å². The van der Waals surface area contributed by atoms with Crippen molar-refractivity contribution in [3.05, 3.63) is 47.0 Å². The molecule has 2 unspecified atom stereocenters. The quantitative estimate of drug-likeness (QED) is 0.682. The molecule has 0 bridgehead atoms. The van der Waals surface area contributed by atoms with Crippen LogP contribution in [0.5, 0.6) is 0 Å². The average molecular weight is 371 g/mol. The minimum atomic E-state index is -0.224. The maximum Gasteiger partial charge on any atom is 0.169 e. The van der Waals surface area contributed by atoms with E-state index in [1.54, 1.807) is 19.2 Å². The summed E-state index contributed by atoms with van der Waals surface area (Å²) in [5.74, 6) is 0.206. The molecule has 1 fully saturated rings. The number of halogens is 1. The van der Waals surface area contributed by atoms with Crippen molar-refractivity contribution in [1.82, 2.24) is 15.5 Å². The topological polar surface area (TPSA) is 84.1 Å². The summed E-state index contributed by atoms with van der Waals surface area (Å²) in [5, 5.41) is 23.9. The van der Waals surface area contributed by atoms with E-state index >= 15 is 0 Å². The van der Waals surface area contributed by atoms with Gasteiger partial charge < -0.3 is 15.4 Å². The van der Waals surface area contributed by atoms with Gasteiger partial charge in [0.1, 0.15) is 23.8 Å². The standard InChI is InChI=1S/C20H26FN5O/c1-24-20(16(10-22)11-23)25-12-18-4-3-5-19(27-18)14-26(2)13-15-6-8-17(21)9-7-15/h6-9,18-19,24-25H,3-5,12-14H2,1-2H3. The molecule has 2 atom stereocenters. The first kappa shape index (κ1) is 20.7. The molecule has 1 aliphatic rings. The lowest BCUT2D eigenvalue weighted by Gasteiger charge is -2.33. The van der Waals surface area contributed by atoms with Gasteiger partial charge in [0.2, 0.25) is 0 Å². The number of nitrogens with one attached hydrogen (secondary N) is 2. The molecule has 144 valence electrons. The Morgan fingerprint density at radius 1 is 1.22 bits per heavy atom. The van der Waals surface area contributed by atoms with Gasteiger partial charge in [0, 0.05) is 26.7 Å². The fourth-order valence-electron chi connectivity index (χ4n) is 3.23. The fourth-order valence-corrected chi connectivity index (χ4v) is 3.23. The van der Waals surface area contributed by atoms with Gasteiger partial charge in [0.25, 0.3) is 0 Å². The molecule has 1 aliphatic heterocycles. The van der Waals surface area contributed by atoms with E-state index in [0.717, 1.165) is 37.9 Å². The predicted molar refractivity (Wildman–Crippen MR) is 101 cm³/mol. The van der Waals surface area contributed by atoms with Crippen LogP contribution in [0.1, 0.15) is 24.8 Å². The van der Waals surface area contributed by atoms with Gasteiger partial charge in [0.15, 0.2) is 5.57 Å². The number of nitriles is 2. The number of allylic oxidation sites excluding steroid dienone is 1. The van der Waals surface area contributed by atoms with E-state index < -0.39 is 0 Å². The Morgan fingerprint density at radius 3 is 2.52 bits per heavy atom. The van der Waals surface area contributed by atoms with Crippen molar-refractivity contribution in [2.24, 2.45) is 0 Å². The minimum Gasteiger partial charge on any atom is -0.373 e. The van der Waals surface area contributed by atoms with Crippen LogP contribution in [0, 0.1) is 28.5 Å². The van der Waals surface area contributed by atoms with Crippen LogP contribution < -0.4 is 10.6 Å². The first-order valence-corrected chi connectivity index (χ1v) is 9.10. The first-order valence-electron chi connectivity index (χ1n) is 9.10. The van der Waals surface area contributed by atoms with E-state index in [4.69, 9.17) is 15.3 Å². The molecule has 0 amide bonds. The molecule has 27 heavy (non-hydrogen) atoms. The summed E-state index contributed by atoms with van der Waals surface area (Å²) in [6.45, 7) is 2.08. The molecule has 1 aromatic carbocycles. The molecule has 0 spiro atoms. The molecular weight excluding hydrogens is 345 g/mol. The summed E-state index contributed by atoms with van der Waals surface area (Å²) >= 11 is 0. The number of benzene rings is 1. The Bertz CT molecular complexity index is 703. The highest BCUT2D eigenvalue weighted by Crippen LogP contribution is 2.20. The number of hydrogen-bond donors (Lipinski definition) is 2. The van der Waals surface area contributed by atoms with Crippen molar-refractivity contribution in [3.8, 4) is 12.1 Å². The van der Waals surface area contributed by atoms with Crippen molar-refractivity contribution in [3.63, 3.8) is 0 Å². The SMILES string of the molecule is CNC(NCC1CCCC(CN(C)Cc2ccc(F)cc2)O1)=C(C#N)C#N. The lowest BCUT2D eigenvalue weighted by atomic mass is 10.0. The fraction of sp³-hybridized carbons (Fsp3) is 0.500. The third kappa shape index (κ3) is 6.56. The van der Waals surface area contributed by atoms with Gasteiger partial charge in [-0.05, 0) is 44.0 Å². The van der Waals surface area contributed by atoms with Crippen LogP contribution in [0.15, 0.2) is 35.7 Å². The molecule has 1 saturated heterocycles. The Hall–Kier alpha value is -2.61. The third-order valence-corrected chi connectivity index (χ3v) is 4.55. The average Bonchev–Trinajstić information content (AvgIpc) is 2.67. The van der Waals surface area contributed by atoms with E-state index in [1.165, 1.54) is 12.1 Å². The highest BCUT2D eigenvalue weighted by Gasteiger charge is 2.23. The molecule has 0 aromatic heterocycles. The first-order chi connectivity index (χ1) is 13.0. The van der Waals surface area contributed by atoms with Crippen LogP contribution >= 0.6 is 0 Å². The molecule has 0 radical (unpaired) electrons. The molecule has 1 heterocycles. The molecule has 7 heteroatoms. The summed E-state index contributed by atoms with van der Waals surface area (Å²) in [7, 11) is 3.70. The van der Waals surface area contributed by atoms with Crippen LogP contribution in [-0.4, -0.2) is 44.3 Å².